The fraction of sp³-hybridized carbons (Fsp3) is 1.00. The molecule has 5 heteroatoms. The molecule has 0 saturated carbocycles. The van der Waals surface area contributed by atoms with Gasteiger partial charge < -0.3 is 5.73 Å². The van der Waals surface area contributed by atoms with Crippen LogP contribution in [0, 0.1) is 5.41 Å². The van der Waals surface area contributed by atoms with Crippen molar-refractivity contribution in [3.63, 3.8) is 0 Å². The monoisotopic (exact) mass is 262 g/mol. The summed E-state index contributed by atoms with van der Waals surface area (Å²) in [5.41, 5.74) is 5.72. The molecule has 0 amide bonds. The Morgan fingerprint density at radius 3 is 2.47 bits per heavy atom. The molecule has 4 nitrogen and oxygen atoms in total. The maximum atomic E-state index is 12.3. The Hall–Kier alpha value is -0.130. The van der Waals surface area contributed by atoms with Gasteiger partial charge in [-0.3, -0.25) is 0 Å². The van der Waals surface area contributed by atoms with Crippen LogP contribution < -0.4 is 5.73 Å². The summed E-state index contributed by atoms with van der Waals surface area (Å²) in [5.74, 6) is 0.243. The topological polar surface area (TPSA) is 63.4 Å². The molecule has 1 fully saturated rings. The van der Waals surface area contributed by atoms with Crippen molar-refractivity contribution in [2.45, 2.75) is 52.5 Å². The third-order valence-electron chi connectivity index (χ3n) is 3.31. The molecule has 0 radical (unpaired) electrons. The van der Waals surface area contributed by atoms with Crippen LogP contribution in [0.4, 0.5) is 0 Å². The van der Waals surface area contributed by atoms with Crippen LogP contribution in [-0.2, 0) is 10.0 Å². The first-order chi connectivity index (χ1) is 7.76. The molecule has 2 N–H and O–H groups in total. The van der Waals surface area contributed by atoms with E-state index in [9.17, 15) is 8.42 Å². The Morgan fingerprint density at radius 1 is 1.29 bits per heavy atom. The number of sulfonamides is 1. The maximum absolute atomic E-state index is 12.3. The molecule has 0 spiro atoms. The van der Waals surface area contributed by atoms with E-state index >= 15 is 0 Å². The Kier molecular flexibility index (Phi) is 4.98. The Labute approximate surface area is 106 Å². The van der Waals surface area contributed by atoms with Gasteiger partial charge in [0.25, 0.3) is 0 Å². The second-order valence-electron chi connectivity index (χ2n) is 6.12. The lowest BCUT2D eigenvalue weighted by molar-refractivity contribution is 0.255. The van der Waals surface area contributed by atoms with Gasteiger partial charge in [-0.2, -0.15) is 4.31 Å². The predicted octanol–water partition coefficient (Wildman–Crippen LogP) is 1.57. The van der Waals surface area contributed by atoms with Gasteiger partial charge in [0.05, 0.1) is 5.75 Å². The Balaban J connectivity index is 2.68. The zero-order valence-corrected chi connectivity index (χ0v) is 12.1. The molecule has 1 aliphatic heterocycles. The van der Waals surface area contributed by atoms with Crippen LogP contribution in [0.5, 0.6) is 0 Å². The highest BCUT2D eigenvalue weighted by Crippen LogP contribution is 2.24. The maximum Gasteiger partial charge on any atom is 0.214 e. The first kappa shape index (κ1) is 14.9. The highest BCUT2D eigenvalue weighted by Gasteiger charge is 2.31. The number of hydrogen-bond acceptors (Lipinski definition) is 3. The third kappa shape index (κ3) is 4.56. The molecule has 0 aromatic rings. The van der Waals surface area contributed by atoms with Gasteiger partial charge in [0, 0.05) is 19.1 Å². The van der Waals surface area contributed by atoms with Gasteiger partial charge in [0.1, 0.15) is 0 Å². The molecule has 102 valence electrons. The van der Waals surface area contributed by atoms with E-state index in [1.807, 2.05) is 0 Å². The van der Waals surface area contributed by atoms with Crippen molar-refractivity contribution in [3.8, 4) is 0 Å². The fourth-order valence-electron chi connectivity index (χ4n) is 2.13. The highest BCUT2D eigenvalue weighted by atomic mass is 32.2. The van der Waals surface area contributed by atoms with E-state index < -0.39 is 10.0 Å². The van der Waals surface area contributed by atoms with Gasteiger partial charge in [0.15, 0.2) is 0 Å². The second kappa shape index (κ2) is 5.67. The minimum Gasteiger partial charge on any atom is -0.329 e. The van der Waals surface area contributed by atoms with Crippen LogP contribution in [0.3, 0.4) is 0 Å². The summed E-state index contributed by atoms with van der Waals surface area (Å²) in [6.07, 6.45) is 3.66. The fourth-order valence-corrected chi connectivity index (χ4v) is 4.29. The van der Waals surface area contributed by atoms with Gasteiger partial charge in [-0.15, -0.1) is 0 Å². The quantitative estimate of drug-likeness (QED) is 0.836. The Bertz CT molecular complexity index is 333. The van der Waals surface area contributed by atoms with Gasteiger partial charge >= 0.3 is 0 Å². The van der Waals surface area contributed by atoms with Gasteiger partial charge in [0.2, 0.25) is 10.0 Å². The number of rotatable bonds is 4. The van der Waals surface area contributed by atoms with E-state index in [1.165, 1.54) is 0 Å². The molecule has 1 aliphatic rings. The van der Waals surface area contributed by atoms with Crippen LogP contribution in [0.25, 0.3) is 0 Å². The largest absolute Gasteiger partial charge is 0.329 e. The summed E-state index contributed by atoms with van der Waals surface area (Å²) in [7, 11) is -3.12. The zero-order chi connectivity index (χ0) is 13.1. The summed E-state index contributed by atoms with van der Waals surface area (Å²) in [6.45, 7) is 7.29. The lowest BCUT2D eigenvalue weighted by Crippen LogP contribution is -2.48. The van der Waals surface area contributed by atoms with Crippen molar-refractivity contribution in [2.24, 2.45) is 11.1 Å². The molecule has 1 saturated heterocycles. The van der Waals surface area contributed by atoms with Crippen LogP contribution in [0.2, 0.25) is 0 Å². The summed E-state index contributed by atoms with van der Waals surface area (Å²) in [5, 5.41) is 0. The molecule has 17 heavy (non-hydrogen) atoms. The van der Waals surface area contributed by atoms with E-state index in [1.54, 1.807) is 4.31 Å². The lowest BCUT2D eigenvalue weighted by atomic mass is 9.94. The standard InChI is InChI=1S/C12H26N2O2S/c1-12(2,3)7-9-17(15,16)14-8-5-4-6-11(14)10-13/h11H,4-10,13H2,1-3H3. The molecule has 0 aromatic carbocycles. The van der Waals surface area contributed by atoms with Crippen molar-refractivity contribution >= 4 is 10.0 Å². The number of nitrogens with two attached hydrogens (primary N) is 1. The number of nitrogens with zero attached hydrogens (tertiary/aromatic N) is 1. The van der Waals surface area contributed by atoms with Crippen LogP contribution in [0.1, 0.15) is 46.5 Å². The van der Waals surface area contributed by atoms with Crippen molar-refractivity contribution in [2.75, 3.05) is 18.8 Å². The van der Waals surface area contributed by atoms with Crippen LogP contribution in [-0.4, -0.2) is 37.6 Å². The second-order valence-corrected chi connectivity index (χ2v) is 8.16. The smallest absolute Gasteiger partial charge is 0.214 e. The van der Waals surface area contributed by atoms with Crippen molar-refractivity contribution in [3.05, 3.63) is 0 Å². The van der Waals surface area contributed by atoms with Crippen molar-refractivity contribution < 1.29 is 8.42 Å². The van der Waals surface area contributed by atoms with Crippen molar-refractivity contribution in [1.82, 2.24) is 4.31 Å². The molecule has 1 heterocycles. The summed E-state index contributed by atoms with van der Waals surface area (Å²) in [4.78, 5) is 0. The first-order valence-electron chi connectivity index (χ1n) is 6.46. The molecule has 1 atom stereocenters. The summed E-state index contributed by atoms with van der Waals surface area (Å²) >= 11 is 0. The molecule has 0 aromatic heterocycles. The van der Waals surface area contributed by atoms with Crippen molar-refractivity contribution in [1.29, 1.82) is 0 Å². The number of hydrogen-bond donors (Lipinski definition) is 1. The molecule has 0 bridgehead atoms. The van der Waals surface area contributed by atoms with E-state index in [-0.39, 0.29) is 17.2 Å². The minimum atomic E-state index is -3.12. The molecule has 0 aliphatic carbocycles. The molecular weight excluding hydrogens is 236 g/mol. The third-order valence-corrected chi connectivity index (χ3v) is 5.23. The van der Waals surface area contributed by atoms with E-state index in [0.29, 0.717) is 19.5 Å². The van der Waals surface area contributed by atoms with E-state index in [2.05, 4.69) is 20.8 Å². The summed E-state index contributed by atoms with van der Waals surface area (Å²) < 4.78 is 26.2. The average molecular weight is 262 g/mol. The zero-order valence-electron chi connectivity index (χ0n) is 11.3. The van der Waals surface area contributed by atoms with Gasteiger partial charge in [-0.25, -0.2) is 8.42 Å². The highest BCUT2D eigenvalue weighted by molar-refractivity contribution is 7.89. The molecule has 1 unspecified atom stereocenters. The first-order valence-corrected chi connectivity index (χ1v) is 8.07. The molecular formula is C12H26N2O2S. The summed E-state index contributed by atoms with van der Waals surface area (Å²) in [6, 6.07) is 0.0220. The molecule has 1 rings (SSSR count). The normalized spacial score (nSPS) is 23.9. The number of piperidine rings is 1. The SMILES string of the molecule is CC(C)(C)CCS(=O)(=O)N1CCCCC1CN. The lowest BCUT2D eigenvalue weighted by Gasteiger charge is -2.34. The van der Waals surface area contributed by atoms with Gasteiger partial charge in [-0.1, -0.05) is 27.2 Å². The van der Waals surface area contributed by atoms with E-state index in [0.717, 1.165) is 19.3 Å². The van der Waals surface area contributed by atoms with Crippen LogP contribution >= 0.6 is 0 Å². The van der Waals surface area contributed by atoms with E-state index in [4.69, 9.17) is 5.73 Å². The van der Waals surface area contributed by atoms with Crippen LogP contribution in [0.15, 0.2) is 0 Å². The van der Waals surface area contributed by atoms with Gasteiger partial charge in [-0.05, 0) is 24.7 Å². The Morgan fingerprint density at radius 2 is 1.94 bits per heavy atom. The average Bonchev–Trinajstić information content (AvgIpc) is 2.26. The predicted molar refractivity (Wildman–Crippen MR) is 71.3 cm³/mol. The minimum absolute atomic E-state index is 0.0220.